The molecule has 4 rings (SSSR count). The molecule has 2 aliphatic rings. The number of nitrogens with one attached hydrogen (secondary N) is 1. The van der Waals surface area contributed by atoms with E-state index in [1.807, 2.05) is 0 Å². The van der Waals surface area contributed by atoms with Crippen LogP contribution in [-0.4, -0.2) is 43.0 Å². The molecule has 2 heterocycles. The van der Waals surface area contributed by atoms with E-state index < -0.39 is 16.0 Å². The molecule has 0 bridgehead atoms. The molecular weight excluding hydrogens is 428 g/mol. The first kappa shape index (κ1) is 19.9. The Kier molecular flexibility index (Phi) is 5.14. The first-order chi connectivity index (χ1) is 14.4. The monoisotopic (exact) mass is 442 g/mol. The third-order valence-corrected chi connectivity index (χ3v) is 6.05. The smallest absolute Gasteiger partial charge is 0.339 e. The molecule has 0 spiro atoms. The standard InChI is InChI=1S/C19H14N4O5S2/c1-27-16-10-12(9-14-17(20)23-19(22-18(14)24)29-11-21-23)7-8-15(16)28-30(25,26)13-5-3-2-4-6-13/h2-11,20H,1H3. The minimum Gasteiger partial charge on any atom is -0.493 e. The summed E-state index contributed by atoms with van der Waals surface area (Å²) in [6.45, 7) is 0. The van der Waals surface area contributed by atoms with Crippen molar-refractivity contribution in [1.82, 2.24) is 5.01 Å². The highest BCUT2D eigenvalue weighted by atomic mass is 32.2. The molecule has 11 heteroatoms. The summed E-state index contributed by atoms with van der Waals surface area (Å²) < 4.78 is 35.4. The molecule has 0 unspecified atom stereocenters. The van der Waals surface area contributed by atoms with E-state index in [-0.39, 0.29) is 27.8 Å². The average Bonchev–Trinajstić information content (AvgIpc) is 3.21. The van der Waals surface area contributed by atoms with Crippen molar-refractivity contribution in [2.24, 2.45) is 10.1 Å². The summed E-state index contributed by atoms with van der Waals surface area (Å²) in [5.41, 5.74) is 2.04. The van der Waals surface area contributed by atoms with Crippen LogP contribution in [0.15, 0.2) is 69.1 Å². The predicted molar refractivity (Wildman–Crippen MR) is 113 cm³/mol. The Bertz CT molecular complexity index is 1240. The molecule has 1 amide bonds. The van der Waals surface area contributed by atoms with Crippen LogP contribution in [0, 0.1) is 5.41 Å². The van der Waals surface area contributed by atoms with Crippen LogP contribution in [-0.2, 0) is 14.9 Å². The van der Waals surface area contributed by atoms with E-state index in [1.54, 1.807) is 24.3 Å². The number of fused-ring (bicyclic) bond motifs is 1. The zero-order valence-corrected chi connectivity index (χ0v) is 17.1. The second-order valence-electron chi connectivity index (χ2n) is 6.02. The number of carbonyl (C=O) groups excluding carboxylic acids is 1. The summed E-state index contributed by atoms with van der Waals surface area (Å²) in [6.07, 6.45) is 1.46. The van der Waals surface area contributed by atoms with E-state index in [9.17, 15) is 13.2 Å². The van der Waals surface area contributed by atoms with Gasteiger partial charge in [0.2, 0.25) is 0 Å². The number of hydrazone groups is 1. The zero-order valence-electron chi connectivity index (χ0n) is 15.5. The summed E-state index contributed by atoms with van der Waals surface area (Å²) in [4.78, 5) is 16.2. The molecule has 2 aromatic rings. The number of amides is 1. The van der Waals surface area contributed by atoms with Crippen molar-refractivity contribution >= 4 is 50.4 Å². The minimum atomic E-state index is -4.04. The molecule has 2 aliphatic heterocycles. The summed E-state index contributed by atoms with van der Waals surface area (Å²) in [5, 5.41) is 13.8. The highest BCUT2D eigenvalue weighted by molar-refractivity contribution is 8.25. The molecule has 0 atom stereocenters. The topological polar surface area (TPSA) is 121 Å². The highest BCUT2D eigenvalue weighted by Crippen LogP contribution is 2.32. The maximum absolute atomic E-state index is 12.5. The number of amidine groups is 2. The van der Waals surface area contributed by atoms with E-state index in [2.05, 4.69) is 10.1 Å². The van der Waals surface area contributed by atoms with E-state index in [0.29, 0.717) is 10.7 Å². The summed E-state index contributed by atoms with van der Waals surface area (Å²) in [5.74, 6) is -0.514. The van der Waals surface area contributed by atoms with Gasteiger partial charge in [-0.25, -0.2) is 0 Å². The van der Waals surface area contributed by atoms with E-state index >= 15 is 0 Å². The Morgan fingerprint density at radius 2 is 1.90 bits per heavy atom. The molecule has 1 N–H and O–H groups in total. The van der Waals surface area contributed by atoms with Gasteiger partial charge >= 0.3 is 10.1 Å². The van der Waals surface area contributed by atoms with Crippen LogP contribution in [0.25, 0.3) is 6.08 Å². The third kappa shape index (κ3) is 3.72. The van der Waals surface area contributed by atoms with E-state index in [4.69, 9.17) is 14.3 Å². The van der Waals surface area contributed by atoms with Crippen LogP contribution >= 0.6 is 11.8 Å². The predicted octanol–water partition coefficient (Wildman–Crippen LogP) is 2.71. The number of methoxy groups -OCH3 is 1. The number of aliphatic imine (C=N–C) groups is 1. The van der Waals surface area contributed by atoms with Crippen molar-refractivity contribution in [2.75, 3.05) is 7.11 Å². The van der Waals surface area contributed by atoms with Crippen molar-refractivity contribution in [1.29, 1.82) is 5.41 Å². The van der Waals surface area contributed by atoms with Crippen molar-refractivity contribution in [3.8, 4) is 11.5 Å². The van der Waals surface area contributed by atoms with Gasteiger partial charge in [0.1, 0.15) is 4.90 Å². The maximum Gasteiger partial charge on any atom is 0.339 e. The molecule has 0 saturated carbocycles. The maximum atomic E-state index is 12.5. The van der Waals surface area contributed by atoms with Crippen LogP contribution in [0.2, 0.25) is 0 Å². The molecule has 0 radical (unpaired) electrons. The van der Waals surface area contributed by atoms with Gasteiger partial charge in [-0.2, -0.15) is 23.5 Å². The molecule has 0 saturated heterocycles. The normalized spacial score (nSPS) is 17.2. The number of hydrogen-bond donors (Lipinski definition) is 1. The first-order valence-corrected chi connectivity index (χ1v) is 10.8. The number of thioether (sulfide) groups is 1. The van der Waals surface area contributed by atoms with E-state index in [1.165, 1.54) is 48.0 Å². The van der Waals surface area contributed by atoms with Crippen LogP contribution in [0.3, 0.4) is 0 Å². The lowest BCUT2D eigenvalue weighted by molar-refractivity contribution is -0.114. The summed E-state index contributed by atoms with van der Waals surface area (Å²) >= 11 is 1.16. The van der Waals surface area contributed by atoms with Gasteiger partial charge < -0.3 is 8.92 Å². The van der Waals surface area contributed by atoms with Gasteiger partial charge in [0.15, 0.2) is 22.5 Å². The first-order valence-electron chi connectivity index (χ1n) is 8.49. The van der Waals surface area contributed by atoms with Gasteiger partial charge in [0.25, 0.3) is 5.91 Å². The molecule has 2 aromatic carbocycles. The lowest BCUT2D eigenvalue weighted by Gasteiger charge is -2.20. The third-order valence-electron chi connectivity index (χ3n) is 4.13. The Balaban J connectivity index is 1.65. The van der Waals surface area contributed by atoms with E-state index in [0.717, 1.165) is 11.8 Å². The number of hydrogen-bond acceptors (Lipinski definition) is 8. The average molecular weight is 442 g/mol. The van der Waals surface area contributed by atoms with Gasteiger partial charge in [-0.05, 0) is 47.7 Å². The van der Waals surface area contributed by atoms with Crippen LogP contribution < -0.4 is 8.92 Å². The molecule has 9 nitrogen and oxygen atoms in total. The number of ether oxygens (including phenoxy) is 1. The molecule has 152 valence electrons. The second-order valence-corrected chi connectivity index (χ2v) is 8.38. The van der Waals surface area contributed by atoms with Gasteiger partial charge in [-0.3, -0.25) is 10.2 Å². The van der Waals surface area contributed by atoms with Crippen molar-refractivity contribution in [3.05, 3.63) is 59.7 Å². The fourth-order valence-electron chi connectivity index (χ4n) is 2.70. The SMILES string of the molecule is COc1cc(C=C2C(=N)N3N=CSC3=NC2=O)ccc1OS(=O)(=O)c1ccccc1. The largest absolute Gasteiger partial charge is 0.493 e. The zero-order chi connectivity index (χ0) is 21.3. The summed E-state index contributed by atoms with van der Waals surface area (Å²) in [6, 6.07) is 12.2. The Morgan fingerprint density at radius 1 is 1.13 bits per heavy atom. The lowest BCUT2D eigenvalue weighted by Crippen LogP contribution is -2.35. The fourth-order valence-corrected chi connectivity index (χ4v) is 4.27. The number of nitrogens with zero attached hydrogens (tertiary/aromatic N) is 3. The van der Waals surface area contributed by atoms with Crippen molar-refractivity contribution in [2.45, 2.75) is 4.90 Å². The molecule has 0 aromatic heterocycles. The minimum absolute atomic E-state index is 0.00518. The Hall–Kier alpha value is -3.44. The van der Waals surface area contributed by atoms with Crippen LogP contribution in [0.5, 0.6) is 11.5 Å². The van der Waals surface area contributed by atoms with Crippen LogP contribution in [0.1, 0.15) is 5.56 Å². The number of benzene rings is 2. The summed E-state index contributed by atoms with van der Waals surface area (Å²) in [7, 11) is -2.67. The fraction of sp³-hybridized carbons (Fsp3) is 0.0526. The van der Waals surface area contributed by atoms with Crippen molar-refractivity contribution < 1.29 is 22.1 Å². The molecular formula is C19H14N4O5S2. The van der Waals surface area contributed by atoms with Crippen molar-refractivity contribution in [3.63, 3.8) is 0 Å². The molecule has 30 heavy (non-hydrogen) atoms. The molecule has 0 fully saturated rings. The highest BCUT2D eigenvalue weighted by Gasteiger charge is 2.32. The van der Waals surface area contributed by atoms with Gasteiger partial charge in [-0.15, -0.1) is 0 Å². The lowest BCUT2D eigenvalue weighted by atomic mass is 10.1. The van der Waals surface area contributed by atoms with Crippen LogP contribution in [0.4, 0.5) is 0 Å². The number of rotatable bonds is 5. The Labute approximate surface area is 176 Å². The second kappa shape index (κ2) is 7.76. The van der Waals surface area contributed by atoms with Gasteiger partial charge in [0.05, 0.1) is 18.2 Å². The number of carbonyl (C=O) groups is 1. The van der Waals surface area contributed by atoms with Gasteiger partial charge in [-0.1, -0.05) is 24.3 Å². The van der Waals surface area contributed by atoms with Gasteiger partial charge in [0, 0.05) is 0 Å². The quantitative estimate of drug-likeness (QED) is 0.558. The molecule has 0 aliphatic carbocycles. The Morgan fingerprint density at radius 3 is 2.63 bits per heavy atom.